The van der Waals surface area contributed by atoms with E-state index >= 15 is 0 Å². The molecule has 1 heterocycles. The predicted octanol–water partition coefficient (Wildman–Crippen LogP) is 1.58. The van der Waals surface area contributed by atoms with Crippen LogP contribution >= 0.6 is 0 Å². The zero-order valence-corrected chi connectivity index (χ0v) is 12.7. The fraction of sp³-hybridized carbons (Fsp3) is 0.867. The van der Waals surface area contributed by atoms with Crippen LogP contribution in [0.5, 0.6) is 0 Å². The van der Waals surface area contributed by atoms with Crippen LogP contribution in [-0.2, 0) is 4.79 Å². The Balaban J connectivity index is 1.90. The average Bonchev–Trinajstić information content (AvgIpc) is 2.86. The number of carboxylic acid groups (broad SMARTS) is 1. The number of carbonyl (C=O) groups is 2. The number of nitrogens with zero attached hydrogens (tertiary/aromatic N) is 1. The van der Waals surface area contributed by atoms with Gasteiger partial charge in [-0.05, 0) is 38.5 Å². The maximum Gasteiger partial charge on any atom is 0.317 e. The number of aliphatic carboxylic acids is 1. The van der Waals surface area contributed by atoms with Gasteiger partial charge in [0.25, 0.3) is 0 Å². The molecule has 2 rings (SSSR count). The fourth-order valence-electron chi connectivity index (χ4n) is 3.58. The van der Waals surface area contributed by atoms with Gasteiger partial charge in [-0.25, -0.2) is 4.79 Å². The summed E-state index contributed by atoms with van der Waals surface area (Å²) >= 11 is 0. The van der Waals surface area contributed by atoms with Gasteiger partial charge >= 0.3 is 12.0 Å². The summed E-state index contributed by atoms with van der Waals surface area (Å²) in [6.45, 7) is 3.05. The molecule has 2 fully saturated rings. The van der Waals surface area contributed by atoms with Gasteiger partial charge in [0.1, 0.15) is 0 Å². The van der Waals surface area contributed by atoms with Gasteiger partial charge < -0.3 is 20.4 Å². The number of nitrogens with one attached hydrogen (secondary N) is 1. The molecule has 1 saturated heterocycles. The van der Waals surface area contributed by atoms with Crippen molar-refractivity contribution < 1.29 is 19.8 Å². The van der Waals surface area contributed by atoms with E-state index in [1.165, 1.54) is 0 Å². The van der Waals surface area contributed by atoms with Gasteiger partial charge in [-0.1, -0.05) is 12.8 Å². The molecule has 1 saturated carbocycles. The number of hydrogen-bond donors (Lipinski definition) is 3. The zero-order valence-electron chi connectivity index (χ0n) is 12.7. The maximum atomic E-state index is 12.4. The molecule has 1 atom stereocenters. The molecule has 0 aromatic heterocycles. The van der Waals surface area contributed by atoms with Crippen LogP contribution in [0.4, 0.5) is 4.79 Å². The molecule has 1 aliphatic heterocycles. The van der Waals surface area contributed by atoms with E-state index in [0.717, 1.165) is 38.5 Å². The van der Waals surface area contributed by atoms with Crippen molar-refractivity contribution in [2.75, 3.05) is 13.1 Å². The highest BCUT2D eigenvalue weighted by atomic mass is 16.4. The number of likely N-dealkylation sites (tertiary alicyclic amines) is 1. The van der Waals surface area contributed by atoms with E-state index in [4.69, 9.17) is 5.11 Å². The zero-order chi connectivity index (χ0) is 15.5. The number of urea groups is 1. The number of carbonyl (C=O) groups excluding carboxylic acids is 1. The minimum atomic E-state index is -0.856. The lowest BCUT2D eigenvalue weighted by atomic mass is 9.91. The summed E-state index contributed by atoms with van der Waals surface area (Å²) < 4.78 is 0. The Bertz CT molecular complexity index is 383. The first kappa shape index (κ1) is 16.1. The standard InChI is InChI=1S/C15H26N2O4/c1-11(18)12-4-8-17(9-5-12)14(21)16-15(10-13(19)20)6-2-3-7-15/h11-12,18H,2-10H2,1H3,(H,16,21)(H,19,20). The number of hydrogen-bond acceptors (Lipinski definition) is 3. The summed E-state index contributed by atoms with van der Waals surface area (Å²) in [6, 6.07) is -0.151. The highest BCUT2D eigenvalue weighted by Crippen LogP contribution is 2.33. The lowest BCUT2D eigenvalue weighted by Gasteiger charge is -2.37. The van der Waals surface area contributed by atoms with E-state index in [-0.39, 0.29) is 24.5 Å². The Morgan fingerprint density at radius 1 is 1.29 bits per heavy atom. The van der Waals surface area contributed by atoms with Gasteiger partial charge in [0.2, 0.25) is 0 Å². The van der Waals surface area contributed by atoms with E-state index in [1.54, 1.807) is 11.8 Å². The molecule has 2 amide bonds. The average molecular weight is 298 g/mol. The van der Waals surface area contributed by atoms with Crippen molar-refractivity contribution in [3.8, 4) is 0 Å². The van der Waals surface area contributed by atoms with Crippen molar-refractivity contribution in [1.82, 2.24) is 10.2 Å². The SMILES string of the molecule is CC(O)C1CCN(C(=O)NC2(CC(=O)O)CCCC2)CC1. The van der Waals surface area contributed by atoms with Crippen LogP contribution < -0.4 is 5.32 Å². The van der Waals surface area contributed by atoms with Crippen LogP contribution in [0.3, 0.4) is 0 Å². The molecule has 2 aliphatic rings. The molecule has 0 spiro atoms. The van der Waals surface area contributed by atoms with Crippen LogP contribution in [0, 0.1) is 5.92 Å². The van der Waals surface area contributed by atoms with Crippen LogP contribution in [-0.4, -0.2) is 51.8 Å². The lowest BCUT2D eigenvalue weighted by Crippen LogP contribution is -2.54. The molecule has 6 nitrogen and oxygen atoms in total. The van der Waals surface area contributed by atoms with Gasteiger partial charge in [-0.3, -0.25) is 4.79 Å². The summed E-state index contributed by atoms with van der Waals surface area (Å²) in [5, 5.41) is 21.6. The second-order valence-electron chi connectivity index (χ2n) is 6.55. The number of aliphatic hydroxyl groups is 1. The topological polar surface area (TPSA) is 89.9 Å². The Morgan fingerprint density at radius 3 is 2.33 bits per heavy atom. The summed E-state index contributed by atoms with van der Waals surface area (Å²) in [4.78, 5) is 25.2. The summed E-state index contributed by atoms with van der Waals surface area (Å²) in [5.74, 6) is -0.599. The van der Waals surface area contributed by atoms with E-state index in [9.17, 15) is 14.7 Å². The Hall–Kier alpha value is -1.30. The molecule has 0 aromatic rings. The summed E-state index contributed by atoms with van der Waals surface area (Å²) in [5.41, 5.74) is -0.565. The van der Waals surface area contributed by atoms with Crippen molar-refractivity contribution in [1.29, 1.82) is 0 Å². The smallest absolute Gasteiger partial charge is 0.317 e. The van der Waals surface area contributed by atoms with Crippen LogP contribution in [0.25, 0.3) is 0 Å². The van der Waals surface area contributed by atoms with Gasteiger partial charge in [0, 0.05) is 13.1 Å². The highest BCUT2D eigenvalue weighted by molar-refractivity contribution is 5.77. The monoisotopic (exact) mass is 298 g/mol. The Kier molecular flexibility index (Phi) is 5.08. The van der Waals surface area contributed by atoms with E-state index in [0.29, 0.717) is 13.1 Å². The minimum Gasteiger partial charge on any atom is -0.481 e. The fourth-order valence-corrected chi connectivity index (χ4v) is 3.58. The van der Waals surface area contributed by atoms with Crippen molar-refractivity contribution >= 4 is 12.0 Å². The van der Waals surface area contributed by atoms with Gasteiger partial charge in [-0.15, -0.1) is 0 Å². The molecule has 1 unspecified atom stereocenters. The third-order valence-electron chi connectivity index (χ3n) is 4.93. The first-order valence-electron chi connectivity index (χ1n) is 7.89. The van der Waals surface area contributed by atoms with Gasteiger partial charge in [0.05, 0.1) is 18.1 Å². The number of rotatable bonds is 4. The third kappa shape index (κ3) is 4.09. The second-order valence-corrected chi connectivity index (χ2v) is 6.55. The van der Waals surface area contributed by atoms with Crippen LogP contribution in [0.2, 0.25) is 0 Å². The number of amides is 2. The predicted molar refractivity (Wildman–Crippen MR) is 78.0 cm³/mol. The molecular formula is C15H26N2O4. The Morgan fingerprint density at radius 2 is 1.86 bits per heavy atom. The van der Waals surface area contributed by atoms with E-state index < -0.39 is 11.5 Å². The molecule has 3 N–H and O–H groups in total. The molecule has 0 aromatic carbocycles. The normalized spacial score (nSPS) is 23.8. The van der Waals surface area contributed by atoms with Crippen molar-refractivity contribution in [3.63, 3.8) is 0 Å². The molecule has 120 valence electrons. The van der Waals surface area contributed by atoms with Crippen molar-refractivity contribution in [2.24, 2.45) is 5.92 Å². The largest absolute Gasteiger partial charge is 0.481 e. The first-order chi connectivity index (χ1) is 9.92. The van der Waals surface area contributed by atoms with Gasteiger partial charge in [-0.2, -0.15) is 0 Å². The molecule has 0 radical (unpaired) electrons. The quantitative estimate of drug-likeness (QED) is 0.735. The van der Waals surface area contributed by atoms with Gasteiger partial charge in [0.15, 0.2) is 0 Å². The molecule has 0 bridgehead atoms. The molecule has 21 heavy (non-hydrogen) atoms. The van der Waals surface area contributed by atoms with Crippen LogP contribution in [0.1, 0.15) is 51.9 Å². The van der Waals surface area contributed by atoms with Crippen molar-refractivity contribution in [3.05, 3.63) is 0 Å². The molecule has 1 aliphatic carbocycles. The van der Waals surface area contributed by atoms with Crippen LogP contribution in [0.15, 0.2) is 0 Å². The lowest BCUT2D eigenvalue weighted by molar-refractivity contribution is -0.138. The first-order valence-corrected chi connectivity index (χ1v) is 7.89. The third-order valence-corrected chi connectivity index (χ3v) is 4.93. The van der Waals surface area contributed by atoms with E-state index in [1.807, 2.05) is 0 Å². The van der Waals surface area contributed by atoms with E-state index in [2.05, 4.69) is 5.32 Å². The number of piperidine rings is 1. The van der Waals surface area contributed by atoms with Crippen molar-refractivity contribution in [2.45, 2.75) is 63.5 Å². The number of aliphatic hydroxyl groups excluding tert-OH is 1. The number of carboxylic acids is 1. The molecular weight excluding hydrogens is 272 g/mol. The summed E-state index contributed by atoms with van der Waals surface area (Å²) in [7, 11) is 0. The second kappa shape index (κ2) is 6.64. The minimum absolute atomic E-state index is 0.00286. The Labute approximate surface area is 125 Å². The summed E-state index contributed by atoms with van der Waals surface area (Å²) in [6.07, 6.45) is 4.71. The highest BCUT2D eigenvalue weighted by Gasteiger charge is 2.39. The molecule has 6 heteroatoms. The maximum absolute atomic E-state index is 12.4.